The fourth-order valence-electron chi connectivity index (χ4n) is 4.26. The van der Waals surface area contributed by atoms with Crippen LogP contribution in [0.3, 0.4) is 0 Å². The quantitative estimate of drug-likeness (QED) is 0.555. The second kappa shape index (κ2) is 9.94. The molecule has 0 bridgehead atoms. The van der Waals surface area contributed by atoms with Crippen LogP contribution < -0.4 is 10.3 Å². The molecule has 0 aliphatic carbocycles. The van der Waals surface area contributed by atoms with E-state index in [4.69, 9.17) is 4.74 Å². The molecule has 0 saturated carbocycles. The molecule has 3 aromatic rings. The Morgan fingerprint density at radius 1 is 1.18 bits per heavy atom. The molecule has 4 rings (SSSR count). The molecule has 0 atom stereocenters. The van der Waals surface area contributed by atoms with Crippen LogP contribution in [0.5, 0.6) is 5.75 Å². The summed E-state index contributed by atoms with van der Waals surface area (Å²) in [6.45, 7) is 0.998. The number of likely N-dealkylation sites (tertiary alicyclic amines) is 1. The second-order valence-electron chi connectivity index (χ2n) is 8.25. The summed E-state index contributed by atoms with van der Waals surface area (Å²) < 4.78 is 18.8. The number of hydrogen-bond donors (Lipinski definition) is 1. The van der Waals surface area contributed by atoms with E-state index in [9.17, 15) is 18.8 Å². The molecule has 8 heteroatoms. The number of para-hydroxylation sites is 1. The van der Waals surface area contributed by atoms with Gasteiger partial charge in [-0.2, -0.15) is 0 Å². The number of Topliss-reactive ketones (excluding diaryl/α,β-unsaturated/α-hetero) is 1. The van der Waals surface area contributed by atoms with Gasteiger partial charge in [0.1, 0.15) is 5.82 Å². The lowest BCUT2D eigenvalue weighted by molar-refractivity contribution is -0.132. The number of methoxy groups -OCH3 is 1. The van der Waals surface area contributed by atoms with Gasteiger partial charge >= 0.3 is 0 Å². The van der Waals surface area contributed by atoms with E-state index in [-0.39, 0.29) is 28.9 Å². The molecular weight excluding hydrogens is 425 g/mol. The van der Waals surface area contributed by atoms with Gasteiger partial charge in [0.05, 0.1) is 18.0 Å². The third kappa shape index (κ3) is 5.10. The van der Waals surface area contributed by atoms with Crippen molar-refractivity contribution in [2.24, 2.45) is 5.92 Å². The summed E-state index contributed by atoms with van der Waals surface area (Å²) in [6.07, 6.45) is 2.53. The standard InChI is InChI=1S/C25H26FN3O4/c1-33-21-10-9-17(15-19(21)26)24(31)16-11-13-29(14-12-16)23(30)8-4-7-22-27-20-6-3-2-5-18(20)25(32)28-22/h2-3,5-6,9-10,15-16H,4,7-8,11-14H2,1H3,(H,27,28,32). The monoisotopic (exact) mass is 451 g/mol. The molecule has 2 heterocycles. The maximum absolute atomic E-state index is 13.9. The first-order valence-electron chi connectivity index (χ1n) is 11.1. The molecule has 0 radical (unpaired) electrons. The number of ether oxygens (including phenoxy) is 1. The summed E-state index contributed by atoms with van der Waals surface area (Å²) in [7, 11) is 1.38. The van der Waals surface area contributed by atoms with Crippen LogP contribution in [0, 0.1) is 11.7 Å². The molecular formula is C25H26FN3O4. The highest BCUT2D eigenvalue weighted by molar-refractivity contribution is 5.98. The predicted octanol–water partition coefficient (Wildman–Crippen LogP) is 3.52. The Balaban J connectivity index is 1.27. The van der Waals surface area contributed by atoms with Crippen LogP contribution >= 0.6 is 0 Å². The molecule has 33 heavy (non-hydrogen) atoms. The van der Waals surface area contributed by atoms with Crippen molar-refractivity contribution in [2.75, 3.05) is 20.2 Å². The van der Waals surface area contributed by atoms with Gasteiger partial charge in [0.15, 0.2) is 17.3 Å². The van der Waals surface area contributed by atoms with E-state index in [0.717, 1.165) is 0 Å². The van der Waals surface area contributed by atoms with Crippen molar-refractivity contribution in [3.05, 3.63) is 70.0 Å². The minimum absolute atomic E-state index is 0.0273. The molecule has 2 aromatic carbocycles. The first-order chi connectivity index (χ1) is 16.0. The van der Waals surface area contributed by atoms with Crippen LogP contribution in [0.1, 0.15) is 41.9 Å². The summed E-state index contributed by atoms with van der Waals surface area (Å²) in [4.78, 5) is 46.5. The molecule has 0 spiro atoms. The number of nitrogens with one attached hydrogen (secondary N) is 1. The Kier molecular flexibility index (Phi) is 6.82. The van der Waals surface area contributed by atoms with Crippen molar-refractivity contribution >= 4 is 22.6 Å². The van der Waals surface area contributed by atoms with Crippen molar-refractivity contribution in [3.8, 4) is 5.75 Å². The highest BCUT2D eigenvalue weighted by Gasteiger charge is 2.28. The van der Waals surface area contributed by atoms with Crippen molar-refractivity contribution in [1.82, 2.24) is 14.9 Å². The fourth-order valence-corrected chi connectivity index (χ4v) is 4.26. The minimum atomic E-state index is -0.557. The summed E-state index contributed by atoms with van der Waals surface area (Å²) >= 11 is 0. The summed E-state index contributed by atoms with van der Waals surface area (Å²) in [5.41, 5.74) is 0.798. The molecule has 1 fully saturated rings. The number of piperidine rings is 1. The van der Waals surface area contributed by atoms with Crippen LogP contribution in [-0.4, -0.2) is 46.8 Å². The van der Waals surface area contributed by atoms with E-state index < -0.39 is 5.82 Å². The lowest BCUT2D eigenvalue weighted by Crippen LogP contribution is -2.40. The van der Waals surface area contributed by atoms with Gasteiger partial charge in [-0.3, -0.25) is 14.4 Å². The van der Waals surface area contributed by atoms with Gasteiger partial charge in [0, 0.05) is 37.4 Å². The number of ketones is 1. The Morgan fingerprint density at radius 3 is 2.67 bits per heavy atom. The molecule has 0 unspecified atom stereocenters. The number of amides is 1. The molecule has 1 amide bonds. The van der Waals surface area contributed by atoms with Crippen LogP contribution in [-0.2, 0) is 11.2 Å². The predicted molar refractivity (Wildman–Crippen MR) is 122 cm³/mol. The van der Waals surface area contributed by atoms with Crippen molar-refractivity contribution in [1.29, 1.82) is 0 Å². The van der Waals surface area contributed by atoms with Crippen LogP contribution in [0.25, 0.3) is 10.9 Å². The zero-order valence-electron chi connectivity index (χ0n) is 18.5. The molecule has 1 aromatic heterocycles. The maximum atomic E-state index is 13.9. The Hall–Kier alpha value is -3.55. The number of carbonyl (C=O) groups is 2. The number of carbonyl (C=O) groups excluding carboxylic acids is 2. The molecule has 1 saturated heterocycles. The normalized spacial score (nSPS) is 14.4. The number of halogens is 1. The number of nitrogens with zero attached hydrogens (tertiary/aromatic N) is 2. The summed E-state index contributed by atoms with van der Waals surface area (Å²) in [5.74, 6) is -0.182. The van der Waals surface area contributed by atoms with Crippen LogP contribution in [0.4, 0.5) is 4.39 Å². The van der Waals surface area contributed by atoms with E-state index in [1.165, 1.54) is 19.2 Å². The van der Waals surface area contributed by atoms with Gasteiger partial charge in [-0.15, -0.1) is 0 Å². The van der Waals surface area contributed by atoms with Crippen molar-refractivity contribution in [2.45, 2.75) is 32.1 Å². The summed E-state index contributed by atoms with van der Waals surface area (Å²) in [6, 6.07) is 11.4. The van der Waals surface area contributed by atoms with E-state index >= 15 is 0 Å². The molecule has 7 nitrogen and oxygen atoms in total. The SMILES string of the molecule is COc1ccc(C(=O)C2CCN(C(=O)CCCc3nc4ccccc4c(=O)[nH]3)CC2)cc1F. The third-order valence-electron chi connectivity index (χ3n) is 6.12. The van der Waals surface area contributed by atoms with Crippen LogP contribution in [0.2, 0.25) is 0 Å². The number of H-pyrrole nitrogens is 1. The average molecular weight is 451 g/mol. The Morgan fingerprint density at radius 2 is 1.94 bits per heavy atom. The zero-order chi connectivity index (χ0) is 23.4. The van der Waals surface area contributed by atoms with E-state index in [1.807, 2.05) is 6.07 Å². The van der Waals surface area contributed by atoms with E-state index in [2.05, 4.69) is 9.97 Å². The van der Waals surface area contributed by atoms with Gasteiger partial charge in [-0.1, -0.05) is 12.1 Å². The topological polar surface area (TPSA) is 92.4 Å². The van der Waals surface area contributed by atoms with Crippen LogP contribution in [0.15, 0.2) is 47.3 Å². The number of fused-ring (bicyclic) bond motifs is 1. The van der Waals surface area contributed by atoms with E-state index in [0.29, 0.717) is 67.5 Å². The number of aromatic nitrogens is 2. The number of rotatable bonds is 7. The van der Waals surface area contributed by atoms with Gasteiger partial charge in [-0.25, -0.2) is 9.37 Å². The number of aromatic amines is 1. The Labute approximate surface area is 190 Å². The molecule has 1 aliphatic heterocycles. The average Bonchev–Trinajstić information content (AvgIpc) is 2.83. The Bertz CT molecular complexity index is 1230. The largest absolute Gasteiger partial charge is 0.494 e. The first kappa shape index (κ1) is 22.6. The van der Waals surface area contributed by atoms with Gasteiger partial charge in [0.25, 0.3) is 5.56 Å². The number of benzene rings is 2. The zero-order valence-corrected chi connectivity index (χ0v) is 18.5. The molecule has 172 valence electrons. The summed E-state index contributed by atoms with van der Waals surface area (Å²) in [5, 5.41) is 0.548. The minimum Gasteiger partial charge on any atom is -0.494 e. The number of aryl methyl sites for hydroxylation is 1. The lowest BCUT2D eigenvalue weighted by Gasteiger charge is -2.31. The van der Waals surface area contributed by atoms with Gasteiger partial charge in [0.2, 0.25) is 5.91 Å². The maximum Gasteiger partial charge on any atom is 0.258 e. The highest BCUT2D eigenvalue weighted by Crippen LogP contribution is 2.25. The fraction of sp³-hybridized carbons (Fsp3) is 0.360. The molecule has 1 N–H and O–H groups in total. The van der Waals surface area contributed by atoms with E-state index in [1.54, 1.807) is 29.2 Å². The third-order valence-corrected chi connectivity index (χ3v) is 6.12. The van der Waals surface area contributed by atoms with Gasteiger partial charge < -0.3 is 14.6 Å². The van der Waals surface area contributed by atoms with Crippen molar-refractivity contribution in [3.63, 3.8) is 0 Å². The van der Waals surface area contributed by atoms with Crippen molar-refractivity contribution < 1.29 is 18.7 Å². The second-order valence-corrected chi connectivity index (χ2v) is 8.25. The lowest BCUT2D eigenvalue weighted by atomic mass is 9.88. The smallest absolute Gasteiger partial charge is 0.258 e. The molecule has 1 aliphatic rings. The number of hydrogen-bond acceptors (Lipinski definition) is 5. The van der Waals surface area contributed by atoms with Gasteiger partial charge in [-0.05, 0) is 49.6 Å². The highest BCUT2D eigenvalue weighted by atomic mass is 19.1. The first-order valence-corrected chi connectivity index (χ1v) is 11.1.